The Hall–Kier alpha value is -3.85. The number of nitrogens with one attached hydrogen (secondary N) is 1. The molecule has 0 amide bonds. The predicted octanol–water partition coefficient (Wildman–Crippen LogP) is 3.90. The Labute approximate surface area is 185 Å². The third-order valence-electron chi connectivity index (χ3n) is 4.47. The number of benzene rings is 3. The van der Waals surface area contributed by atoms with E-state index < -0.39 is 10.0 Å². The average Bonchev–Trinajstić information content (AvgIpc) is 2.82. The maximum atomic E-state index is 12.9. The summed E-state index contributed by atoms with van der Waals surface area (Å²) in [6.45, 7) is 0.405. The molecule has 1 aromatic heterocycles. The van der Waals surface area contributed by atoms with Crippen LogP contribution in [0.25, 0.3) is 11.0 Å². The van der Waals surface area contributed by atoms with Crippen LogP contribution in [0.4, 0.5) is 5.82 Å². The molecule has 164 valence electrons. The van der Waals surface area contributed by atoms with Crippen LogP contribution in [0.15, 0.2) is 83.8 Å². The molecule has 0 aliphatic heterocycles. The topological polar surface area (TPSA) is 99.6 Å². The Morgan fingerprint density at radius 2 is 1.38 bits per heavy atom. The van der Waals surface area contributed by atoms with Gasteiger partial charge in [0, 0.05) is 0 Å². The molecule has 4 aromatic rings. The molecule has 0 saturated carbocycles. The lowest BCUT2D eigenvalue weighted by molar-refractivity contribution is 0.213. The first kappa shape index (κ1) is 21.4. The van der Waals surface area contributed by atoms with Crippen molar-refractivity contribution in [3.63, 3.8) is 0 Å². The number of rotatable bonds is 9. The molecule has 8 nitrogen and oxygen atoms in total. The largest absolute Gasteiger partial charge is 0.497 e. The lowest BCUT2D eigenvalue weighted by Gasteiger charge is -2.13. The van der Waals surface area contributed by atoms with Gasteiger partial charge in [0.05, 0.1) is 23.0 Å². The number of nitrogens with zero attached hydrogens (tertiary/aromatic N) is 2. The average molecular weight is 452 g/mol. The van der Waals surface area contributed by atoms with E-state index in [1.54, 1.807) is 30.3 Å². The fourth-order valence-electron chi connectivity index (χ4n) is 2.91. The smallest absolute Gasteiger partial charge is 0.263 e. The summed E-state index contributed by atoms with van der Waals surface area (Å²) in [5.41, 5.74) is 1.12. The number of ether oxygens (including phenoxy) is 3. The first-order chi connectivity index (χ1) is 15.5. The van der Waals surface area contributed by atoms with E-state index in [9.17, 15) is 8.42 Å². The van der Waals surface area contributed by atoms with Crippen LogP contribution in [0.1, 0.15) is 0 Å². The quantitative estimate of drug-likeness (QED) is 0.385. The maximum absolute atomic E-state index is 12.9. The molecule has 9 heteroatoms. The van der Waals surface area contributed by atoms with Gasteiger partial charge >= 0.3 is 0 Å². The van der Waals surface area contributed by atoms with Gasteiger partial charge in [-0.2, -0.15) is 0 Å². The van der Waals surface area contributed by atoms with E-state index in [4.69, 9.17) is 14.2 Å². The lowest BCUT2D eigenvalue weighted by Crippen LogP contribution is -2.17. The number of methoxy groups -OCH3 is 1. The summed E-state index contributed by atoms with van der Waals surface area (Å²) in [7, 11) is -2.41. The van der Waals surface area contributed by atoms with Gasteiger partial charge in [0.2, 0.25) is 5.82 Å². The van der Waals surface area contributed by atoms with Crippen LogP contribution < -0.4 is 18.9 Å². The van der Waals surface area contributed by atoms with Crippen molar-refractivity contribution in [1.29, 1.82) is 0 Å². The summed E-state index contributed by atoms with van der Waals surface area (Å²) >= 11 is 0. The van der Waals surface area contributed by atoms with Crippen LogP contribution >= 0.6 is 0 Å². The summed E-state index contributed by atoms with van der Waals surface area (Å²) in [6.07, 6.45) is 0. The minimum Gasteiger partial charge on any atom is -0.497 e. The predicted molar refractivity (Wildman–Crippen MR) is 121 cm³/mol. The zero-order chi connectivity index (χ0) is 22.4. The Morgan fingerprint density at radius 1 is 0.750 bits per heavy atom. The SMILES string of the molecule is COc1ccc(S(=O)(=O)Nc2nc3ccccc3nc2OCCOc2ccccc2)cc1. The van der Waals surface area contributed by atoms with E-state index >= 15 is 0 Å². The highest BCUT2D eigenvalue weighted by molar-refractivity contribution is 7.92. The van der Waals surface area contributed by atoms with E-state index in [1.165, 1.54) is 19.2 Å². The van der Waals surface area contributed by atoms with E-state index in [1.807, 2.05) is 36.4 Å². The van der Waals surface area contributed by atoms with E-state index in [0.29, 0.717) is 22.5 Å². The first-order valence-electron chi connectivity index (χ1n) is 9.79. The standard InChI is InChI=1S/C23H21N3O5S/c1-29-17-11-13-19(14-12-17)32(27,28)26-22-23(25-21-10-6-5-9-20(21)24-22)31-16-15-30-18-7-3-2-4-8-18/h2-14H,15-16H2,1H3,(H,24,26). The summed E-state index contributed by atoms with van der Waals surface area (Å²) in [4.78, 5) is 8.91. The van der Waals surface area contributed by atoms with Crippen LogP contribution in [0, 0.1) is 0 Å². The molecule has 0 spiro atoms. The zero-order valence-corrected chi connectivity index (χ0v) is 18.1. The molecule has 0 atom stereocenters. The van der Waals surface area contributed by atoms with Crippen molar-refractivity contribution < 1.29 is 22.6 Å². The lowest BCUT2D eigenvalue weighted by atomic mass is 10.3. The molecule has 0 aliphatic carbocycles. The summed E-state index contributed by atoms with van der Waals surface area (Å²) < 4.78 is 44.7. The third-order valence-corrected chi connectivity index (χ3v) is 5.83. The minimum atomic E-state index is -3.92. The van der Waals surface area contributed by atoms with Gasteiger partial charge in [-0.15, -0.1) is 0 Å². The van der Waals surface area contributed by atoms with Crippen LogP contribution in [0.3, 0.4) is 0 Å². The number of aromatic nitrogens is 2. The summed E-state index contributed by atoms with van der Waals surface area (Å²) in [5.74, 6) is 1.33. The maximum Gasteiger partial charge on any atom is 0.263 e. The highest BCUT2D eigenvalue weighted by Gasteiger charge is 2.20. The molecule has 0 unspecified atom stereocenters. The molecule has 32 heavy (non-hydrogen) atoms. The molecule has 0 fully saturated rings. The Kier molecular flexibility index (Phi) is 6.37. The van der Waals surface area contributed by atoms with Crippen molar-refractivity contribution in [2.24, 2.45) is 0 Å². The van der Waals surface area contributed by atoms with E-state index in [-0.39, 0.29) is 29.8 Å². The van der Waals surface area contributed by atoms with Gasteiger partial charge in [0.15, 0.2) is 0 Å². The molecule has 1 N–H and O–H groups in total. The molecule has 1 heterocycles. The Balaban J connectivity index is 1.56. The zero-order valence-electron chi connectivity index (χ0n) is 17.3. The van der Waals surface area contributed by atoms with Crippen LogP contribution in [-0.2, 0) is 10.0 Å². The van der Waals surface area contributed by atoms with Crippen molar-refractivity contribution in [2.45, 2.75) is 4.90 Å². The van der Waals surface area contributed by atoms with Crippen molar-refractivity contribution in [1.82, 2.24) is 9.97 Å². The van der Waals surface area contributed by atoms with Crippen molar-refractivity contribution >= 4 is 26.9 Å². The Morgan fingerprint density at radius 3 is 2.06 bits per heavy atom. The molecule has 4 rings (SSSR count). The third kappa shape index (κ3) is 5.06. The van der Waals surface area contributed by atoms with E-state index in [0.717, 1.165) is 0 Å². The number of hydrogen-bond acceptors (Lipinski definition) is 7. The summed E-state index contributed by atoms with van der Waals surface area (Å²) in [5, 5.41) is 0. The van der Waals surface area contributed by atoms with Gasteiger partial charge in [-0.1, -0.05) is 30.3 Å². The molecule has 0 saturated heterocycles. The second kappa shape index (κ2) is 9.52. The van der Waals surface area contributed by atoms with Crippen LogP contribution in [0.2, 0.25) is 0 Å². The second-order valence-electron chi connectivity index (χ2n) is 6.66. The number of sulfonamides is 1. The highest BCUT2D eigenvalue weighted by Crippen LogP contribution is 2.26. The number of para-hydroxylation sites is 3. The molecule has 0 radical (unpaired) electrons. The summed E-state index contributed by atoms with van der Waals surface area (Å²) in [6, 6.07) is 22.5. The molecule has 0 aliphatic rings. The van der Waals surface area contributed by atoms with Gasteiger partial charge < -0.3 is 14.2 Å². The molecule has 0 bridgehead atoms. The normalized spacial score (nSPS) is 11.2. The van der Waals surface area contributed by atoms with Crippen molar-refractivity contribution in [2.75, 3.05) is 25.0 Å². The molecular weight excluding hydrogens is 430 g/mol. The monoisotopic (exact) mass is 451 g/mol. The second-order valence-corrected chi connectivity index (χ2v) is 8.34. The van der Waals surface area contributed by atoms with Crippen LogP contribution in [-0.4, -0.2) is 38.7 Å². The van der Waals surface area contributed by atoms with Gasteiger partial charge in [-0.25, -0.2) is 18.4 Å². The number of anilines is 1. The Bertz CT molecular complexity index is 1300. The highest BCUT2D eigenvalue weighted by atomic mass is 32.2. The van der Waals surface area contributed by atoms with Gasteiger partial charge in [-0.05, 0) is 48.5 Å². The fourth-order valence-corrected chi connectivity index (χ4v) is 3.91. The number of fused-ring (bicyclic) bond motifs is 1. The molecule has 3 aromatic carbocycles. The van der Waals surface area contributed by atoms with Gasteiger partial charge in [0.1, 0.15) is 24.7 Å². The first-order valence-corrected chi connectivity index (χ1v) is 11.3. The van der Waals surface area contributed by atoms with Gasteiger partial charge in [-0.3, -0.25) is 4.72 Å². The minimum absolute atomic E-state index is 0.000714. The molecular formula is C23H21N3O5S. The van der Waals surface area contributed by atoms with Crippen LogP contribution in [0.5, 0.6) is 17.4 Å². The number of hydrogen-bond donors (Lipinski definition) is 1. The van der Waals surface area contributed by atoms with E-state index in [2.05, 4.69) is 14.7 Å². The van der Waals surface area contributed by atoms with Crippen molar-refractivity contribution in [3.8, 4) is 17.4 Å². The van der Waals surface area contributed by atoms with Gasteiger partial charge in [0.25, 0.3) is 15.9 Å². The fraction of sp³-hybridized carbons (Fsp3) is 0.130. The van der Waals surface area contributed by atoms with Crippen molar-refractivity contribution in [3.05, 3.63) is 78.9 Å².